The third-order valence-electron chi connectivity index (χ3n) is 4.35. The van der Waals surface area contributed by atoms with Gasteiger partial charge in [-0.2, -0.15) is 5.26 Å². The van der Waals surface area contributed by atoms with Crippen molar-refractivity contribution < 1.29 is 4.74 Å². The van der Waals surface area contributed by atoms with Crippen molar-refractivity contribution in [2.45, 2.75) is 20.5 Å². The molecule has 0 amide bonds. The number of allylic oxidation sites excluding steroid dienone is 1. The first-order valence-electron chi connectivity index (χ1n) is 8.82. The maximum Gasteiger partial charge on any atom is 0.125 e. The highest BCUT2D eigenvalue weighted by Crippen LogP contribution is 2.28. The van der Waals surface area contributed by atoms with Crippen LogP contribution in [0.4, 0.5) is 0 Å². The average molecular weight is 408 g/mol. The molecule has 3 aromatic rings. The van der Waals surface area contributed by atoms with E-state index in [0.29, 0.717) is 22.2 Å². The lowest BCUT2D eigenvalue weighted by Crippen LogP contribution is -1.99. The lowest BCUT2D eigenvalue weighted by Gasteiger charge is -2.13. The molecule has 28 heavy (non-hydrogen) atoms. The number of hydrogen-bond donors (Lipinski definition) is 0. The molecule has 0 atom stereocenters. The Kier molecular flexibility index (Phi) is 6.41. The molecule has 4 heteroatoms. The van der Waals surface area contributed by atoms with E-state index in [9.17, 15) is 5.26 Å². The summed E-state index contributed by atoms with van der Waals surface area (Å²) in [5.74, 6) is 0.855. The number of nitriles is 1. The maximum absolute atomic E-state index is 9.56. The normalized spacial score (nSPS) is 11.2. The van der Waals surface area contributed by atoms with Crippen molar-refractivity contribution in [2.24, 2.45) is 0 Å². The van der Waals surface area contributed by atoms with Gasteiger partial charge < -0.3 is 4.74 Å². The molecule has 0 aliphatic heterocycles. The van der Waals surface area contributed by atoms with Crippen LogP contribution in [0.3, 0.4) is 0 Å². The Hall–Kier alpha value is -2.73. The standard InChI is InChI=1S/C24H19Cl2NO/c1-16-10-19(12-21(14-27)20-4-3-5-23(26)13-20)11-17(2)24(16)28-15-18-6-8-22(25)9-7-18/h3-13H,15H2,1-2H3/b21-12+. The van der Waals surface area contributed by atoms with Crippen molar-refractivity contribution in [3.05, 3.63) is 98.5 Å². The molecule has 0 unspecified atom stereocenters. The van der Waals surface area contributed by atoms with Gasteiger partial charge in [0.15, 0.2) is 0 Å². The third-order valence-corrected chi connectivity index (χ3v) is 4.83. The number of hydrogen-bond acceptors (Lipinski definition) is 2. The lowest BCUT2D eigenvalue weighted by molar-refractivity contribution is 0.302. The van der Waals surface area contributed by atoms with E-state index in [1.807, 2.05) is 68.5 Å². The molecule has 3 aromatic carbocycles. The van der Waals surface area contributed by atoms with Gasteiger partial charge in [-0.15, -0.1) is 0 Å². The van der Waals surface area contributed by atoms with Gasteiger partial charge in [0.25, 0.3) is 0 Å². The van der Waals surface area contributed by atoms with Crippen LogP contribution in [0.2, 0.25) is 10.0 Å². The summed E-state index contributed by atoms with van der Waals surface area (Å²) in [5.41, 5.74) is 5.40. The molecule has 0 saturated carbocycles. The van der Waals surface area contributed by atoms with Crippen LogP contribution < -0.4 is 4.74 Å². The summed E-state index contributed by atoms with van der Waals surface area (Å²) < 4.78 is 6.03. The van der Waals surface area contributed by atoms with Gasteiger partial charge in [-0.05, 0) is 84.1 Å². The van der Waals surface area contributed by atoms with E-state index in [4.69, 9.17) is 27.9 Å². The molecule has 0 heterocycles. The number of nitrogens with zero attached hydrogens (tertiary/aromatic N) is 1. The van der Waals surface area contributed by atoms with Crippen molar-refractivity contribution in [1.29, 1.82) is 5.26 Å². The van der Waals surface area contributed by atoms with E-state index >= 15 is 0 Å². The van der Waals surface area contributed by atoms with E-state index in [1.54, 1.807) is 12.1 Å². The molecule has 0 aliphatic rings. The van der Waals surface area contributed by atoms with Gasteiger partial charge in [-0.3, -0.25) is 0 Å². The smallest absolute Gasteiger partial charge is 0.125 e. The number of benzene rings is 3. The maximum atomic E-state index is 9.56. The molecule has 2 nitrogen and oxygen atoms in total. The molecule has 0 aliphatic carbocycles. The Labute approximate surface area is 175 Å². The number of halogens is 2. The largest absolute Gasteiger partial charge is 0.488 e. The number of aryl methyl sites for hydroxylation is 2. The summed E-state index contributed by atoms with van der Waals surface area (Å²) >= 11 is 12.0. The van der Waals surface area contributed by atoms with E-state index in [-0.39, 0.29) is 0 Å². The van der Waals surface area contributed by atoms with Gasteiger partial charge in [0.05, 0.1) is 11.6 Å². The van der Waals surface area contributed by atoms with Crippen LogP contribution in [0.5, 0.6) is 5.75 Å². The zero-order chi connectivity index (χ0) is 20.1. The molecule has 0 N–H and O–H groups in total. The highest BCUT2D eigenvalue weighted by atomic mass is 35.5. The minimum absolute atomic E-state index is 0.472. The molecule has 0 spiro atoms. The van der Waals surface area contributed by atoms with Crippen LogP contribution in [-0.2, 0) is 6.61 Å². The fourth-order valence-electron chi connectivity index (χ4n) is 3.03. The SMILES string of the molecule is Cc1cc(/C=C(\C#N)c2cccc(Cl)c2)cc(C)c1OCc1ccc(Cl)cc1. The zero-order valence-electron chi connectivity index (χ0n) is 15.7. The van der Waals surface area contributed by atoms with Gasteiger partial charge in [0.2, 0.25) is 0 Å². The average Bonchev–Trinajstić information content (AvgIpc) is 2.67. The van der Waals surface area contributed by atoms with Crippen molar-refractivity contribution in [3.8, 4) is 11.8 Å². The monoisotopic (exact) mass is 407 g/mol. The van der Waals surface area contributed by atoms with Gasteiger partial charge in [-0.1, -0.05) is 47.5 Å². The van der Waals surface area contributed by atoms with Crippen molar-refractivity contribution in [3.63, 3.8) is 0 Å². The summed E-state index contributed by atoms with van der Waals surface area (Å²) in [6, 6.07) is 21.2. The molecule has 0 saturated heterocycles. The summed E-state index contributed by atoms with van der Waals surface area (Å²) in [6.07, 6.45) is 1.87. The topological polar surface area (TPSA) is 33.0 Å². The fraction of sp³-hybridized carbons (Fsp3) is 0.125. The van der Waals surface area contributed by atoms with Gasteiger partial charge in [0, 0.05) is 10.0 Å². The second-order valence-electron chi connectivity index (χ2n) is 6.58. The fourth-order valence-corrected chi connectivity index (χ4v) is 3.35. The predicted molar refractivity (Wildman–Crippen MR) is 117 cm³/mol. The first-order chi connectivity index (χ1) is 13.5. The Morgan fingerprint density at radius 2 is 1.64 bits per heavy atom. The van der Waals surface area contributed by atoms with Gasteiger partial charge in [0.1, 0.15) is 12.4 Å². The molecule has 3 rings (SSSR count). The second-order valence-corrected chi connectivity index (χ2v) is 7.45. The van der Waals surface area contributed by atoms with Crippen LogP contribution in [0.1, 0.15) is 27.8 Å². The molecule has 0 radical (unpaired) electrons. The third kappa shape index (κ3) is 4.95. The summed E-state index contributed by atoms with van der Waals surface area (Å²) in [7, 11) is 0. The molecule has 0 bridgehead atoms. The summed E-state index contributed by atoms with van der Waals surface area (Å²) in [5, 5.41) is 10.9. The van der Waals surface area contributed by atoms with E-state index in [2.05, 4.69) is 6.07 Å². The van der Waals surface area contributed by atoms with E-state index < -0.39 is 0 Å². The number of rotatable bonds is 5. The Bertz CT molecular complexity index is 1040. The molecule has 0 aromatic heterocycles. The van der Waals surface area contributed by atoms with Crippen LogP contribution >= 0.6 is 23.2 Å². The molecular weight excluding hydrogens is 389 g/mol. The second kappa shape index (κ2) is 8.97. The lowest BCUT2D eigenvalue weighted by atomic mass is 10.0. The summed E-state index contributed by atoms with van der Waals surface area (Å²) in [6.45, 7) is 4.49. The van der Waals surface area contributed by atoms with Crippen LogP contribution in [0, 0.1) is 25.2 Å². The van der Waals surface area contributed by atoms with Crippen molar-refractivity contribution in [2.75, 3.05) is 0 Å². The Balaban J connectivity index is 1.84. The quantitative estimate of drug-likeness (QED) is 0.329. The van der Waals surface area contributed by atoms with E-state index in [0.717, 1.165) is 33.6 Å². The van der Waals surface area contributed by atoms with Crippen molar-refractivity contribution in [1.82, 2.24) is 0 Å². The minimum atomic E-state index is 0.472. The number of ether oxygens (including phenoxy) is 1. The zero-order valence-corrected chi connectivity index (χ0v) is 17.2. The Morgan fingerprint density at radius 3 is 2.25 bits per heavy atom. The van der Waals surface area contributed by atoms with Gasteiger partial charge >= 0.3 is 0 Å². The van der Waals surface area contributed by atoms with E-state index in [1.165, 1.54) is 0 Å². The first-order valence-corrected chi connectivity index (χ1v) is 9.58. The highest BCUT2D eigenvalue weighted by molar-refractivity contribution is 6.31. The van der Waals surface area contributed by atoms with Gasteiger partial charge in [-0.25, -0.2) is 0 Å². The Morgan fingerprint density at radius 1 is 0.964 bits per heavy atom. The molecule has 140 valence electrons. The van der Waals surface area contributed by atoms with Crippen LogP contribution in [0.15, 0.2) is 60.7 Å². The predicted octanol–water partition coefficient (Wildman–Crippen LogP) is 7.25. The highest BCUT2D eigenvalue weighted by Gasteiger charge is 2.08. The molecular formula is C24H19Cl2NO. The van der Waals surface area contributed by atoms with Crippen LogP contribution in [0.25, 0.3) is 11.6 Å². The molecule has 0 fully saturated rings. The first kappa shape index (κ1) is 20.0. The van der Waals surface area contributed by atoms with Crippen LogP contribution in [-0.4, -0.2) is 0 Å². The summed E-state index contributed by atoms with van der Waals surface area (Å²) in [4.78, 5) is 0. The van der Waals surface area contributed by atoms with Crippen molar-refractivity contribution >= 4 is 34.9 Å². The minimum Gasteiger partial charge on any atom is -0.488 e.